The number of rotatable bonds is 12. The van der Waals surface area contributed by atoms with Gasteiger partial charge in [0.2, 0.25) is 0 Å². The number of carboxylic acids is 1. The lowest BCUT2D eigenvalue weighted by Crippen LogP contribution is -2.43. The van der Waals surface area contributed by atoms with Gasteiger partial charge < -0.3 is 33.9 Å². The largest absolute Gasteiger partial charge is 0.478 e. The van der Waals surface area contributed by atoms with Crippen LogP contribution in [0.5, 0.6) is 0 Å². The summed E-state index contributed by atoms with van der Waals surface area (Å²) in [5, 5.41) is 13.8. The summed E-state index contributed by atoms with van der Waals surface area (Å²) in [6.45, 7) is 14.8. The molecular formula is C54H60Cl4F6N8O7. The number of aryl methyl sites for hydroxylation is 4. The van der Waals surface area contributed by atoms with E-state index in [9.17, 15) is 45.5 Å². The molecule has 8 heterocycles. The van der Waals surface area contributed by atoms with Crippen molar-refractivity contribution in [3.63, 3.8) is 0 Å². The van der Waals surface area contributed by atoms with Crippen LogP contribution in [0.3, 0.4) is 0 Å². The van der Waals surface area contributed by atoms with Gasteiger partial charge in [-0.25, -0.2) is 24.7 Å². The van der Waals surface area contributed by atoms with E-state index >= 15 is 0 Å². The highest BCUT2D eigenvalue weighted by Gasteiger charge is 2.36. The molecule has 25 heteroatoms. The maximum Gasteiger partial charge on any atom is 0.433 e. The van der Waals surface area contributed by atoms with E-state index in [1.165, 1.54) is 10.8 Å². The molecule has 428 valence electrons. The minimum absolute atomic E-state index is 0.0240. The van der Waals surface area contributed by atoms with Crippen molar-refractivity contribution in [2.75, 3.05) is 39.4 Å². The van der Waals surface area contributed by atoms with Gasteiger partial charge in [0.1, 0.15) is 33.0 Å². The molecule has 0 aromatic carbocycles. The number of carboxylic acid groups (broad SMARTS) is 1. The number of piperidine rings is 2. The Morgan fingerprint density at radius 3 is 1.56 bits per heavy atom. The van der Waals surface area contributed by atoms with Crippen molar-refractivity contribution in [1.82, 2.24) is 39.3 Å². The summed E-state index contributed by atoms with van der Waals surface area (Å²) in [6.07, 6.45) is -3.86. The molecule has 8 rings (SSSR count). The minimum Gasteiger partial charge on any atom is -0.478 e. The molecule has 0 radical (unpaired) electrons. The van der Waals surface area contributed by atoms with Crippen molar-refractivity contribution in [3.8, 4) is 0 Å². The Labute approximate surface area is 472 Å². The number of alkyl halides is 6. The van der Waals surface area contributed by atoms with Crippen LogP contribution in [0, 0.1) is 37.5 Å². The quantitative estimate of drug-likeness (QED) is 0.0673. The highest BCUT2D eigenvalue weighted by atomic mass is 35.5. The molecule has 2 aliphatic heterocycles. The number of ether oxygens (including phenoxy) is 2. The zero-order valence-electron chi connectivity index (χ0n) is 44.6. The molecule has 2 aliphatic rings. The first kappa shape index (κ1) is 62.5. The smallest absolute Gasteiger partial charge is 0.433 e. The molecule has 79 heavy (non-hydrogen) atoms. The van der Waals surface area contributed by atoms with Crippen molar-refractivity contribution in [2.24, 2.45) is 37.8 Å². The van der Waals surface area contributed by atoms with E-state index in [0.717, 1.165) is 37.8 Å². The van der Waals surface area contributed by atoms with Gasteiger partial charge in [0, 0.05) is 98.5 Å². The van der Waals surface area contributed by atoms with Crippen LogP contribution in [0.25, 0.3) is 22.1 Å². The van der Waals surface area contributed by atoms with Gasteiger partial charge in [-0.3, -0.25) is 14.4 Å². The molecule has 6 aromatic rings. The van der Waals surface area contributed by atoms with Gasteiger partial charge in [-0.15, -0.1) is 0 Å². The first-order valence-electron chi connectivity index (χ1n) is 25.3. The summed E-state index contributed by atoms with van der Waals surface area (Å²) in [7, 11) is 3.19. The van der Waals surface area contributed by atoms with Crippen LogP contribution in [0.2, 0.25) is 20.4 Å². The molecule has 0 unspecified atom stereocenters. The van der Waals surface area contributed by atoms with E-state index in [2.05, 4.69) is 32.2 Å². The second-order valence-electron chi connectivity index (χ2n) is 19.7. The number of aromatic carboxylic acids is 1. The molecular weight excluding hydrogens is 1130 g/mol. The van der Waals surface area contributed by atoms with Gasteiger partial charge in [0.25, 0.3) is 5.91 Å². The Hall–Kier alpha value is -5.74. The van der Waals surface area contributed by atoms with E-state index in [4.69, 9.17) is 61.0 Å². The summed E-state index contributed by atoms with van der Waals surface area (Å²) >= 11 is 25.3. The normalized spacial score (nSPS) is 17.7. The second kappa shape index (κ2) is 26.2. The number of hydrogen-bond donors (Lipinski definition) is 2. The van der Waals surface area contributed by atoms with E-state index in [1.54, 1.807) is 56.5 Å². The number of likely N-dealkylation sites (tertiary alicyclic amines) is 1. The first-order valence-corrected chi connectivity index (χ1v) is 26.8. The maximum absolute atomic E-state index is 13.4. The van der Waals surface area contributed by atoms with Crippen LogP contribution >= 0.6 is 46.4 Å². The standard InChI is InChI=1S/C27H29Cl2F3N4O3.C17H12Cl2F3N3O2.C10H19NO2/c1-5-39-22(37)9-16-6-7-36(13-15(16)3)26(38)20-12-33-24(29)19(23(20)28)11-17-10-18-14(2)8-21(27(30,31)32)34-25(18)35(17)4;1-7-3-12(17(20,21)22)24-15-9(7)4-8(25(15)2)5-10-13(18)11(16(26)27)6-23-14(10)19;1-3-13-10(12)6-9-4-5-11-7-8(9)2/h8,10,12,15-16H,5-7,9,11,13H2,1-4H3;3-4,6H,5H2,1-2H3,(H,26,27);8-9,11H,3-7H2,1-2H3/t15-,16-;;8-,9-/m0.0/s1. The number of nitrogens with zero attached hydrogens (tertiary/aromatic N) is 7. The van der Waals surface area contributed by atoms with Crippen molar-refractivity contribution in [3.05, 3.63) is 113 Å². The third kappa shape index (κ3) is 15.0. The summed E-state index contributed by atoms with van der Waals surface area (Å²) < 4.78 is 92.1. The number of amides is 1. The Bertz CT molecular complexity index is 3240. The fraction of sp³-hybridized carbons (Fsp3) is 0.481. The number of fused-ring (bicyclic) bond motifs is 2. The van der Waals surface area contributed by atoms with Crippen molar-refractivity contribution in [2.45, 2.75) is 92.4 Å². The van der Waals surface area contributed by atoms with E-state index in [0.29, 0.717) is 96.3 Å². The zero-order chi connectivity index (χ0) is 58.4. The Morgan fingerprint density at radius 2 is 1.14 bits per heavy atom. The van der Waals surface area contributed by atoms with E-state index in [1.807, 2.05) is 13.8 Å². The third-order valence-electron chi connectivity index (χ3n) is 14.3. The first-order chi connectivity index (χ1) is 37.0. The molecule has 4 atom stereocenters. The summed E-state index contributed by atoms with van der Waals surface area (Å²) in [5.41, 5.74) is 1.09. The van der Waals surface area contributed by atoms with Crippen LogP contribution in [0.4, 0.5) is 26.3 Å². The van der Waals surface area contributed by atoms with Gasteiger partial charge >= 0.3 is 30.3 Å². The van der Waals surface area contributed by atoms with E-state index < -0.39 is 29.7 Å². The summed E-state index contributed by atoms with van der Waals surface area (Å²) in [4.78, 5) is 65.1. The Kier molecular flexibility index (Phi) is 20.7. The number of carbonyl (C=O) groups is 4. The fourth-order valence-corrected chi connectivity index (χ4v) is 10.8. The Morgan fingerprint density at radius 1 is 0.696 bits per heavy atom. The SMILES string of the molecule is CCOC(=O)C[C@@H]1CCN(C(=O)c2cnc(Cl)c(Cc3cc4c(C)cc(C(F)(F)F)nc4n3C)c2Cl)C[C@@H]1C.CCOC(=O)C[C@@H]1CCNC[C@@H]1C.Cc1cc(C(F)(F)F)nc2c1cc(Cc1c(Cl)ncc(C(=O)O)c1Cl)n2C. The highest BCUT2D eigenvalue weighted by molar-refractivity contribution is 6.38. The molecule has 2 fully saturated rings. The molecule has 2 N–H and O–H groups in total. The van der Waals surface area contributed by atoms with Crippen molar-refractivity contribution >= 4 is 92.3 Å². The molecule has 0 bridgehead atoms. The molecule has 0 saturated carbocycles. The number of esters is 2. The number of pyridine rings is 4. The number of hydrogen-bond acceptors (Lipinski definition) is 11. The number of halogens is 10. The lowest BCUT2D eigenvalue weighted by Gasteiger charge is -2.36. The third-order valence-corrected chi connectivity index (χ3v) is 15.8. The molecule has 15 nitrogen and oxygen atoms in total. The summed E-state index contributed by atoms with van der Waals surface area (Å²) in [6, 6.07) is 5.43. The predicted molar refractivity (Wildman–Crippen MR) is 288 cm³/mol. The van der Waals surface area contributed by atoms with Crippen LogP contribution in [0.15, 0.2) is 36.7 Å². The molecule has 6 aromatic heterocycles. The van der Waals surface area contributed by atoms with Crippen molar-refractivity contribution < 1.29 is 60.1 Å². The topological polar surface area (TPSA) is 184 Å². The molecule has 0 spiro atoms. The number of carbonyl (C=O) groups excluding carboxylic acids is 3. The van der Waals surface area contributed by atoms with Gasteiger partial charge in [-0.05, 0) is 113 Å². The summed E-state index contributed by atoms with van der Waals surface area (Å²) in [5.74, 6) is -0.523. The highest BCUT2D eigenvalue weighted by Crippen LogP contribution is 2.37. The maximum atomic E-state index is 13.4. The predicted octanol–water partition coefficient (Wildman–Crippen LogP) is 12.3. The lowest BCUT2D eigenvalue weighted by molar-refractivity contribution is -0.145. The lowest BCUT2D eigenvalue weighted by atomic mass is 9.84. The van der Waals surface area contributed by atoms with Gasteiger partial charge in [-0.2, -0.15) is 26.3 Å². The van der Waals surface area contributed by atoms with Gasteiger partial charge in [0.05, 0.1) is 34.4 Å². The van der Waals surface area contributed by atoms with Crippen molar-refractivity contribution in [1.29, 1.82) is 0 Å². The van der Waals surface area contributed by atoms with E-state index in [-0.39, 0.29) is 90.9 Å². The minimum atomic E-state index is -4.57. The fourth-order valence-electron chi connectivity index (χ4n) is 9.70. The monoisotopic (exact) mass is 1190 g/mol. The number of aromatic nitrogens is 6. The average molecular weight is 1190 g/mol. The second-order valence-corrected chi connectivity index (χ2v) is 21.2. The van der Waals surface area contributed by atoms with Crippen LogP contribution in [-0.2, 0) is 58.4 Å². The van der Waals surface area contributed by atoms with Crippen LogP contribution in [0.1, 0.15) is 119 Å². The molecule has 0 aliphatic carbocycles. The Balaban J connectivity index is 0.000000217. The van der Waals surface area contributed by atoms with Gasteiger partial charge in [0.15, 0.2) is 0 Å². The van der Waals surface area contributed by atoms with Crippen LogP contribution < -0.4 is 5.32 Å². The number of nitrogens with one attached hydrogen (secondary N) is 1. The molecule has 2 saturated heterocycles. The van der Waals surface area contributed by atoms with Crippen LogP contribution in [-0.4, -0.2) is 102 Å². The zero-order valence-corrected chi connectivity index (χ0v) is 47.6. The van der Waals surface area contributed by atoms with Gasteiger partial charge in [-0.1, -0.05) is 60.3 Å². The average Bonchev–Trinajstić information content (AvgIpc) is 4.16. The molecule has 1 amide bonds.